The Morgan fingerprint density at radius 3 is 2.94 bits per heavy atom. The first-order valence-corrected chi connectivity index (χ1v) is 5.75. The highest BCUT2D eigenvalue weighted by Crippen LogP contribution is 2.21. The molecule has 0 atom stereocenters. The van der Waals surface area contributed by atoms with Crippen molar-refractivity contribution in [1.29, 1.82) is 0 Å². The maximum Gasteiger partial charge on any atom is 0.123 e. The monoisotopic (exact) mass is 231 g/mol. The van der Waals surface area contributed by atoms with Crippen LogP contribution in [0.15, 0.2) is 41.3 Å². The molecule has 0 aliphatic rings. The third kappa shape index (κ3) is 2.65. The number of nitrogens with two attached hydrogens (primary N) is 1. The van der Waals surface area contributed by atoms with Crippen LogP contribution >= 0.6 is 0 Å². The normalized spacial score (nSPS) is 10.5. The number of rotatable bonds is 5. The Balaban J connectivity index is 2.22. The average molecular weight is 231 g/mol. The Kier molecular flexibility index (Phi) is 3.77. The minimum Gasteiger partial charge on any atom is -0.467 e. The molecule has 0 saturated carbocycles. The molecule has 2 N–H and O–H groups in total. The summed E-state index contributed by atoms with van der Waals surface area (Å²) in [6.07, 6.45) is 5.30. The zero-order chi connectivity index (χ0) is 12.1. The molecular weight excluding hydrogens is 214 g/mol. The van der Waals surface area contributed by atoms with Crippen LogP contribution in [0.2, 0.25) is 0 Å². The van der Waals surface area contributed by atoms with Gasteiger partial charge in [-0.2, -0.15) is 0 Å². The SMILES string of the molecule is CCN(Cc1ccco1)c1ccncc1CN. The molecule has 2 aromatic heterocycles. The van der Waals surface area contributed by atoms with Crippen LogP contribution in [-0.4, -0.2) is 11.5 Å². The van der Waals surface area contributed by atoms with Crippen molar-refractivity contribution in [3.63, 3.8) is 0 Å². The second-order valence-electron chi connectivity index (χ2n) is 3.80. The van der Waals surface area contributed by atoms with Crippen LogP contribution in [-0.2, 0) is 13.1 Å². The van der Waals surface area contributed by atoms with Crippen LogP contribution in [0.4, 0.5) is 5.69 Å². The summed E-state index contributed by atoms with van der Waals surface area (Å²) < 4.78 is 5.37. The summed E-state index contributed by atoms with van der Waals surface area (Å²) in [5.41, 5.74) is 7.91. The molecule has 0 aliphatic carbocycles. The van der Waals surface area contributed by atoms with Gasteiger partial charge in [-0.25, -0.2) is 0 Å². The number of pyridine rings is 1. The van der Waals surface area contributed by atoms with Crippen LogP contribution in [0.3, 0.4) is 0 Å². The molecule has 0 aromatic carbocycles. The second kappa shape index (κ2) is 5.50. The average Bonchev–Trinajstić information content (AvgIpc) is 2.89. The molecule has 17 heavy (non-hydrogen) atoms. The van der Waals surface area contributed by atoms with Gasteiger partial charge in [0.2, 0.25) is 0 Å². The van der Waals surface area contributed by atoms with Gasteiger partial charge in [-0.1, -0.05) is 0 Å². The number of aromatic nitrogens is 1. The largest absolute Gasteiger partial charge is 0.467 e. The van der Waals surface area contributed by atoms with E-state index in [0.29, 0.717) is 6.54 Å². The molecule has 0 spiro atoms. The minimum absolute atomic E-state index is 0.498. The van der Waals surface area contributed by atoms with Crippen molar-refractivity contribution in [1.82, 2.24) is 4.98 Å². The first-order chi connectivity index (χ1) is 8.35. The standard InChI is InChI=1S/C13H17N3O/c1-2-16(10-12-4-3-7-17-12)13-5-6-15-9-11(13)8-14/h3-7,9H,2,8,10,14H2,1H3. The van der Waals surface area contributed by atoms with Gasteiger partial charge in [0.05, 0.1) is 12.8 Å². The van der Waals surface area contributed by atoms with E-state index in [1.54, 1.807) is 12.5 Å². The molecular formula is C13H17N3O. The summed E-state index contributed by atoms with van der Waals surface area (Å²) >= 11 is 0. The van der Waals surface area contributed by atoms with Crippen molar-refractivity contribution in [2.45, 2.75) is 20.0 Å². The molecule has 0 aliphatic heterocycles. The zero-order valence-corrected chi connectivity index (χ0v) is 9.97. The summed E-state index contributed by atoms with van der Waals surface area (Å²) in [4.78, 5) is 6.32. The number of anilines is 1. The van der Waals surface area contributed by atoms with E-state index in [2.05, 4.69) is 16.8 Å². The molecule has 2 rings (SSSR count). The fraction of sp³-hybridized carbons (Fsp3) is 0.308. The number of furan rings is 1. The van der Waals surface area contributed by atoms with Crippen LogP contribution in [0.1, 0.15) is 18.2 Å². The van der Waals surface area contributed by atoms with Gasteiger partial charge in [0.15, 0.2) is 0 Å². The Hall–Kier alpha value is -1.81. The van der Waals surface area contributed by atoms with Gasteiger partial charge in [-0.05, 0) is 25.1 Å². The summed E-state index contributed by atoms with van der Waals surface area (Å²) in [7, 11) is 0. The summed E-state index contributed by atoms with van der Waals surface area (Å²) in [6, 6.07) is 5.88. The maximum absolute atomic E-state index is 5.73. The van der Waals surface area contributed by atoms with Crippen LogP contribution < -0.4 is 10.6 Å². The van der Waals surface area contributed by atoms with Gasteiger partial charge in [0, 0.05) is 36.7 Å². The fourth-order valence-electron chi connectivity index (χ4n) is 1.84. The fourth-order valence-corrected chi connectivity index (χ4v) is 1.84. The van der Waals surface area contributed by atoms with Crippen LogP contribution in [0.5, 0.6) is 0 Å². The zero-order valence-electron chi connectivity index (χ0n) is 9.97. The van der Waals surface area contributed by atoms with Crippen molar-refractivity contribution in [2.24, 2.45) is 5.73 Å². The Bertz CT molecular complexity index is 453. The summed E-state index contributed by atoms with van der Waals surface area (Å²) in [6.45, 7) is 4.26. The molecule has 0 unspecified atom stereocenters. The van der Waals surface area contributed by atoms with Crippen molar-refractivity contribution in [2.75, 3.05) is 11.4 Å². The van der Waals surface area contributed by atoms with Crippen molar-refractivity contribution in [3.05, 3.63) is 48.2 Å². The molecule has 0 bridgehead atoms. The second-order valence-corrected chi connectivity index (χ2v) is 3.80. The molecule has 2 heterocycles. The maximum atomic E-state index is 5.73. The van der Waals surface area contributed by atoms with Gasteiger partial charge in [0.1, 0.15) is 5.76 Å². The van der Waals surface area contributed by atoms with Gasteiger partial charge >= 0.3 is 0 Å². The highest BCUT2D eigenvalue weighted by molar-refractivity contribution is 5.52. The van der Waals surface area contributed by atoms with E-state index >= 15 is 0 Å². The molecule has 0 radical (unpaired) electrons. The van der Waals surface area contributed by atoms with E-state index in [-0.39, 0.29) is 0 Å². The third-order valence-electron chi connectivity index (χ3n) is 2.75. The smallest absolute Gasteiger partial charge is 0.123 e. The minimum atomic E-state index is 0.498. The van der Waals surface area contributed by atoms with E-state index in [0.717, 1.165) is 30.1 Å². The molecule has 0 amide bonds. The van der Waals surface area contributed by atoms with Gasteiger partial charge < -0.3 is 15.1 Å². The lowest BCUT2D eigenvalue weighted by molar-refractivity contribution is 0.503. The molecule has 2 aromatic rings. The van der Waals surface area contributed by atoms with E-state index in [9.17, 15) is 0 Å². The predicted octanol–water partition coefficient (Wildman–Crippen LogP) is 2.16. The molecule has 0 fully saturated rings. The first-order valence-electron chi connectivity index (χ1n) is 5.75. The van der Waals surface area contributed by atoms with Crippen molar-refractivity contribution >= 4 is 5.69 Å². The molecule has 4 heteroatoms. The van der Waals surface area contributed by atoms with Gasteiger partial charge in [0.25, 0.3) is 0 Å². The van der Waals surface area contributed by atoms with Gasteiger partial charge in [-0.3, -0.25) is 4.98 Å². The Morgan fingerprint density at radius 2 is 2.29 bits per heavy atom. The lowest BCUT2D eigenvalue weighted by Gasteiger charge is -2.24. The topological polar surface area (TPSA) is 55.3 Å². The molecule has 4 nitrogen and oxygen atoms in total. The summed E-state index contributed by atoms with van der Waals surface area (Å²) in [5, 5.41) is 0. The quantitative estimate of drug-likeness (QED) is 0.856. The van der Waals surface area contributed by atoms with E-state index in [1.165, 1.54) is 0 Å². The highest BCUT2D eigenvalue weighted by Gasteiger charge is 2.10. The number of hydrogen-bond donors (Lipinski definition) is 1. The van der Waals surface area contributed by atoms with Crippen LogP contribution in [0.25, 0.3) is 0 Å². The number of nitrogens with zero attached hydrogens (tertiary/aromatic N) is 2. The number of hydrogen-bond acceptors (Lipinski definition) is 4. The van der Waals surface area contributed by atoms with E-state index < -0.39 is 0 Å². The Labute approximate surface area is 101 Å². The lowest BCUT2D eigenvalue weighted by Crippen LogP contribution is -2.23. The van der Waals surface area contributed by atoms with Crippen molar-refractivity contribution in [3.8, 4) is 0 Å². The third-order valence-corrected chi connectivity index (χ3v) is 2.75. The van der Waals surface area contributed by atoms with Crippen molar-refractivity contribution < 1.29 is 4.42 Å². The van der Waals surface area contributed by atoms with Crippen LogP contribution in [0, 0.1) is 0 Å². The molecule has 90 valence electrons. The lowest BCUT2D eigenvalue weighted by atomic mass is 10.2. The summed E-state index contributed by atoms with van der Waals surface area (Å²) in [5.74, 6) is 0.951. The van der Waals surface area contributed by atoms with E-state index in [4.69, 9.17) is 10.2 Å². The van der Waals surface area contributed by atoms with Gasteiger partial charge in [-0.15, -0.1) is 0 Å². The Morgan fingerprint density at radius 1 is 1.41 bits per heavy atom. The highest BCUT2D eigenvalue weighted by atomic mass is 16.3. The first kappa shape index (κ1) is 11.7. The predicted molar refractivity (Wildman–Crippen MR) is 67.6 cm³/mol. The molecule has 0 saturated heterocycles. The van der Waals surface area contributed by atoms with E-state index in [1.807, 2.05) is 24.4 Å².